The average Bonchev–Trinajstić information content (AvgIpc) is 2.91. The highest BCUT2D eigenvalue weighted by Gasteiger charge is 2.64. The Hall–Kier alpha value is -3.34. The minimum atomic E-state index is -1.82. The van der Waals surface area contributed by atoms with E-state index in [-0.39, 0.29) is 22.5 Å². The second-order valence-corrected chi connectivity index (χ2v) is 6.95. The molecule has 132 valence electrons. The van der Waals surface area contributed by atoms with Gasteiger partial charge in [0, 0.05) is 18.3 Å². The molecule has 0 aromatic heterocycles. The summed E-state index contributed by atoms with van der Waals surface area (Å²) >= 11 is 0. The van der Waals surface area contributed by atoms with Crippen molar-refractivity contribution in [3.05, 3.63) is 52.2 Å². The van der Waals surface area contributed by atoms with Crippen molar-refractivity contribution < 1.29 is 18.7 Å². The predicted molar refractivity (Wildman–Crippen MR) is 88.6 cm³/mol. The van der Waals surface area contributed by atoms with Crippen molar-refractivity contribution in [2.24, 2.45) is 5.73 Å². The molecule has 1 aromatic carbocycles. The highest BCUT2D eigenvalue weighted by Crippen LogP contribution is 2.55. The molecule has 1 atom stereocenters. The van der Waals surface area contributed by atoms with Crippen molar-refractivity contribution in [3.63, 3.8) is 0 Å². The summed E-state index contributed by atoms with van der Waals surface area (Å²) in [4.78, 5) is 27.4. The summed E-state index contributed by atoms with van der Waals surface area (Å²) in [6, 6.07) is 5.76. The molecule has 1 amide bonds. The predicted octanol–water partition coefficient (Wildman–Crippen LogP) is 0.926. The highest BCUT2D eigenvalue weighted by atomic mass is 19.1. The maximum Gasteiger partial charge on any atom is 0.338 e. The standard InChI is InChI=1S/C18H15FN4O3/c1-17(2)13-12(15(24)26-17)18(10(7-20)14(21)22-13)9-6-8(19)4-5-11(9)23(3)16(18)25/h4-6,22H,21H2,1-3H3/t18-/m1/s1. The van der Waals surface area contributed by atoms with Gasteiger partial charge in [0.05, 0.1) is 16.8 Å². The fraction of sp³-hybridized carbons (Fsp3) is 0.278. The number of rotatable bonds is 0. The number of nitrogens with two attached hydrogens (primary N) is 1. The number of amides is 1. The molecule has 0 aliphatic carbocycles. The van der Waals surface area contributed by atoms with Crippen LogP contribution in [0.4, 0.5) is 10.1 Å². The Morgan fingerprint density at radius 1 is 1.35 bits per heavy atom. The third-order valence-corrected chi connectivity index (χ3v) is 5.14. The van der Waals surface area contributed by atoms with Gasteiger partial charge in [-0.15, -0.1) is 0 Å². The number of likely N-dealkylation sites (N-methyl/N-ethyl adjacent to an activating group) is 1. The lowest BCUT2D eigenvalue weighted by Gasteiger charge is -2.34. The number of dihydropyridines is 1. The van der Waals surface area contributed by atoms with E-state index < -0.39 is 28.7 Å². The van der Waals surface area contributed by atoms with E-state index in [2.05, 4.69) is 5.32 Å². The molecule has 3 aliphatic heterocycles. The molecule has 0 radical (unpaired) electrons. The zero-order valence-electron chi connectivity index (χ0n) is 14.3. The molecule has 0 fully saturated rings. The number of nitrogens with one attached hydrogen (secondary N) is 1. The van der Waals surface area contributed by atoms with E-state index in [1.54, 1.807) is 13.8 Å². The molecular weight excluding hydrogens is 339 g/mol. The average molecular weight is 354 g/mol. The van der Waals surface area contributed by atoms with Gasteiger partial charge >= 0.3 is 5.97 Å². The van der Waals surface area contributed by atoms with Gasteiger partial charge in [0.2, 0.25) is 5.91 Å². The molecule has 3 aliphatic rings. The molecule has 0 saturated carbocycles. The first-order valence-electron chi connectivity index (χ1n) is 7.90. The molecule has 4 rings (SSSR count). The van der Waals surface area contributed by atoms with Crippen LogP contribution in [-0.4, -0.2) is 24.5 Å². The van der Waals surface area contributed by atoms with E-state index in [9.17, 15) is 19.2 Å². The molecule has 7 nitrogen and oxygen atoms in total. The van der Waals surface area contributed by atoms with Crippen LogP contribution in [0.25, 0.3) is 0 Å². The van der Waals surface area contributed by atoms with Gasteiger partial charge in [0.25, 0.3) is 0 Å². The topological polar surface area (TPSA) is 108 Å². The van der Waals surface area contributed by atoms with Gasteiger partial charge in [0.15, 0.2) is 0 Å². The molecule has 1 spiro atoms. The Bertz CT molecular complexity index is 1020. The van der Waals surface area contributed by atoms with Crippen LogP contribution in [0, 0.1) is 17.1 Å². The van der Waals surface area contributed by atoms with Crippen molar-refractivity contribution in [3.8, 4) is 6.07 Å². The van der Waals surface area contributed by atoms with Crippen molar-refractivity contribution in [2.45, 2.75) is 24.9 Å². The van der Waals surface area contributed by atoms with Gasteiger partial charge in [-0.2, -0.15) is 5.26 Å². The number of hydrogen-bond donors (Lipinski definition) is 2. The van der Waals surface area contributed by atoms with E-state index in [1.807, 2.05) is 6.07 Å². The van der Waals surface area contributed by atoms with Crippen LogP contribution >= 0.6 is 0 Å². The van der Waals surface area contributed by atoms with Crippen LogP contribution in [0.2, 0.25) is 0 Å². The number of nitriles is 1. The first-order valence-corrected chi connectivity index (χ1v) is 7.90. The van der Waals surface area contributed by atoms with E-state index in [0.29, 0.717) is 11.4 Å². The quantitative estimate of drug-likeness (QED) is 0.671. The first-order chi connectivity index (χ1) is 12.2. The lowest BCUT2D eigenvalue weighted by Crippen LogP contribution is -2.49. The molecule has 0 saturated heterocycles. The number of fused-ring (bicyclic) bond motifs is 3. The zero-order chi connectivity index (χ0) is 19.0. The Balaban J connectivity index is 2.18. The molecule has 3 heterocycles. The van der Waals surface area contributed by atoms with Crippen LogP contribution < -0.4 is 16.0 Å². The number of anilines is 1. The summed E-state index contributed by atoms with van der Waals surface area (Å²) in [6.45, 7) is 3.29. The number of halogens is 1. The second-order valence-electron chi connectivity index (χ2n) is 6.95. The normalized spacial score (nSPS) is 25.9. The Morgan fingerprint density at radius 3 is 2.69 bits per heavy atom. The highest BCUT2D eigenvalue weighted by molar-refractivity contribution is 6.19. The minimum Gasteiger partial charge on any atom is -0.450 e. The van der Waals surface area contributed by atoms with E-state index >= 15 is 0 Å². The monoisotopic (exact) mass is 354 g/mol. The fourth-order valence-electron chi connectivity index (χ4n) is 4.02. The summed E-state index contributed by atoms with van der Waals surface area (Å²) in [6.07, 6.45) is 0. The number of benzene rings is 1. The summed E-state index contributed by atoms with van der Waals surface area (Å²) in [5.74, 6) is -1.94. The SMILES string of the molecule is CN1C(=O)[C@@]2(C(C#N)=C(N)NC3=C2C(=O)OC3(C)C)c2cc(F)ccc21. The molecule has 3 N–H and O–H groups in total. The van der Waals surface area contributed by atoms with Gasteiger partial charge in [-0.05, 0) is 32.0 Å². The van der Waals surface area contributed by atoms with E-state index in [0.717, 1.165) is 6.07 Å². The maximum atomic E-state index is 14.1. The van der Waals surface area contributed by atoms with Crippen molar-refractivity contribution in [1.29, 1.82) is 5.26 Å². The Kier molecular flexibility index (Phi) is 2.88. The summed E-state index contributed by atoms with van der Waals surface area (Å²) in [7, 11) is 1.51. The Labute approximate surface area is 148 Å². The number of cyclic esters (lactones) is 1. The van der Waals surface area contributed by atoms with Gasteiger partial charge in [-0.1, -0.05) is 0 Å². The fourth-order valence-corrected chi connectivity index (χ4v) is 4.02. The third-order valence-electron chi connectivity index (χ3n) is 5.14. The van der Waals surface area contributed by atoms with Crippen molar-refractivity contribution >= 4 is 17.6 Å². The van der Waals surface area contributed by atoms with Crippen LogP contribution in [0.15, 0.2) is 40.9 Å². The van der Waals surface area contributed by atoms with Crippen LogP contribution in [-0.2, 0) is 19.7 Å². The molecular formula is C18H15FN4O3. The van der Waals surface area contributed by atoms with Crippen LogP contribution in [0.5, 0.6) is 0 Å². The molecule has 1 aromatic rings. The van der Waals surface area contributed by atoms with Crippen LogP contribution in [0.3, 0.4) is 0 Å². The first kappa shape index (κ1) is 16.1. The molecule has 26 heavy (non-hydrogen) atoms. The van der Waals surface area contributed by atoms with Crippen molar-refractivity contribution in [2.75, 3.05) is 11.9 Å². The smallest absolute Gasteiger partial charge is 0.338 e. The number of hydrogen-bond acceptors (Lipinski definition) is 6. The Morgan fingerprint density at radius 2 is 2.04 bits per heavy atom. The minimum absolute atomic E-state index is 0.0190. The second kappa shape index (κ2) is 4.64. The summed E-state index contributed by atoms with van der Waals surface area (Å²) in [5.41, 5.74) is 3.90. The molecule has 0 bridgehead atoms. The maximum absolute atomic E-state index is 14.1. The molecule has 0 unspecified atom stereocenters. The lowest BCUT2D eigenvalue weighted by molar-refractivity contribution is -0.145. The van der Waals surface area contributed by atoms with Gasteiger partial charge in [-0.25, -0.2) is 9.18 Å². The summed E-state index contributed by atoms with van der Waals surface area (Å²) in [5, 5.41) is 12.6. The number of carbonyl (C=O) groups excluding carboxylic acids is 2. The number of ether oxygens (including phenoxy) is 1. The zero-order valence-corrected chi connectivity index (χ0v) is 14.3. The van der Waals surface area contributed by atoms with Gasteiger partial charge < -0.3 is 20.7 Å². The number of carbonyl (C=O) groups is 2. The summed E-state index contributed by atoms with van der Waals surface area (Å²) < 4.78 is 19.5. The third kappa shape index (κ3) is 1.60. The van der Waals surface area contributed by atoms with Gasteiger partial charge in [-0.3, -0.25) is 4.79 Å². The van der Waals surface area contributed by atoms with Crippen LogP contribution in [0.1, 0.15) is 19.4 Å². The largest absolute Gasteiger partial charge is 0.450 e. The number of nitrogens with zero attached hydrogens (tertiary/aromatic N) is 2. The molecule has 8 heteroatoms. The van der Waals surface area contributed by atoms with E-state index in [4.69, 9.17) is 10.5 Å². The van der Waals surface area contributed by atoms with Crippen molar-refractivity contribution in [1.82, 2.24) is 5.32 Å². The lowest BCUT2D eigenvalue weighted by atomic mass is 9.67. The van der Waals surface area contributed by atoms with E-state index in [1.165, 1.54) is 24.1 Å². The van der Waals surface area contributed by atoms with Gasteiger partial charge in [0.1, 0.15) is 28.7 Å². The number of esters is 1.